The second kappa shape index (κ2) is 1.83. The van der Waals surface area contributed by atoms with Gasteiger partial charge in [0.2, 0.25) is 6.17 Å². The minimum Gasteiger partial charge on any atom is -0.233 e. The molecule has 0 nitrogen and oxygen atoms in total. The summed E-state index contributed by atoms with van der Waals surface area (Å²) in [4.78, 5) is 0. The summed E-state index contributed by atoms with van der Waals surface area (Å²) in [5.41, 5.74) is 0. The normalized spacial score (nSPS) is 30.9. The summed E-state index contributed by atoms with van der Waals surface area (Å²) in [5, 5.41) is 0. The van der Waals surface area contributed by atoms with Crippen molar-refractivity contribution in [2.75, 3.05) is 0 Å². The third-order valence-corrected chi connectivity index (χ3v) is 1.46. The van der Waals surface area contributed by atoms with E-state index in [4.69, 9.17) is 0 Å². The van der Waals surface area contributed by atoms with Crippen molar-refractivity contribution in [1.82, 2.24) is 0 Å². The highest BCUT2D eigenvalue weighted by atomic mass is 19.3. The Kier molecular flexibility index (Phi) is 1.42. The molecule has 0 unspecified atom stereocenters. The summed E-state index contributed by atoms with van der Waals surface area (Å²) in [6.45, 7) is 0. The molecule has 0 amide bonds. The van der Waals surface area contributed by atoms with Gasteiger partial charge in [-0.2, -0.15) is 17.6 Å². The minimum atomic E-state index is -4.53. The van der Waals surface area contributed by atoms with E-state index in [2.05, 4.69) is 0 Å². The molecule has 1 fully saturated rings. The van der Waals surface area contributed by atoms with Crippen LogP contribution < -0.4 is 0 Å². The minimum absolute atomic E-state index is 0.833. The first kappa shape index (κ1) is 7.75. The van der Waals surface area contributed by atoms with Crippen LogP contribution in [0.15, 0.2) is 0 Å². The maximum Gasteiger partial charge on any atom is 0.346 e. The molecule has 0 atom stereocenters. The lowest BCUT2D eigenvalue weighted by Crippen LogP contribution is -2.36. The zero-order valence-electron chi connectivity index (χ0n) is 4.80. The molecule has 0 spiro atoms. The molecule has 0 aromatic carbocycles. The van der Waals surface area contributed by atoms with Gasteiger partial charge in [-0.05, 0) is 6.42 Å². The molecular weight excluding hydrogens is 155 g/mol. The van der Waals surface area contributed by atoms with Gasteiger partial charge in [0.25, 0.3) is 0 Å². The molecule has 10 heavy (non-hydrogen) atoms. The van der Waals surface area contributed by atoms with Crippen LogP contribution in [0.2, 0.25) is 0 Å². The molecule has 0 heterocycles. The second-order valence-electron chi connectivity index (χ2n) is 2.18. The number of hydrogen-bond acceptors (Lipinski definition) is 0. The Morgan fingerprint density at radius 3 is 1.70 bits per heavy atom. The second-order valence-corrected chi connectivity index (χ2v) is 2.18. The van der Waals surface area contributed by atoms with Gasteiger partial charge in [-0.15, -0.1) is 0 Å². The lowest BCUT2D eigenvalue weighted by molar-refractivity contribution is -0.186. The SMILES string of the molecule is F[C]1CCC(F)(F)C1(F)F. The van der Waals surface area contributed by atoms with Gasteiger partial charge in [0, 0.05) is 6.42 Å². The average Bonchev–Trinajstić information content (AvgIpc) is 1.94. The number of hydrogen-bond donors (Lipinski definition) is 0. The maximum absolute atomic E-state index is 12.0. The van der Waals surface area contributed by atoms with Crippen LogP contribution in [0.25, 0.3) is 0 Å². The van der Waals surface area contributed by atoms with Gasteiger partial charge in [0.05, 0.1) is 0 Å². The summed E-state index contributed by atoms with van der Waals surface area (Å²) < 4.78 is 59.7. The molecule has 1 radical (unpaired) electrons. The highest BCUT2D eigenvalue weighted by molar-refractivity contribution is 5.09. The highest BCUT2D eigenvalue weighted by Gasteiger charge is 2.67. The van der Waals surface area contributed by atoms with E-state index >= 15 is 0 Å². The van der Waals surface area contributed by atoms with Crippen LogP contribution in [0.1, 0.15) is 12.8 Å². The Hall–Kier alpha value is -0.350. The monoisotopic (exact) mass is 159 g/mol. The summed E-state index contributed by atoms with van der Waals surface area (Å²) in [5.74, 6) is -8.72. The smallest absolute Gasteiger partial charge is 0.233 e. The molecule has 0 aromatic heterocycles. The number of halogens is 5. The molecule has 5 heteroatoms. The van der Waals surface area contributed by atoms with E-state index in [9.17, 15) is 22.0 Å². The third kappa shape index (κ3) is 0.793. The van der Waals surface area contributed by atoms with E-state index in [-0.39, 0.29) is 0 Å². The van der Waals surface area contributed by atoms with Crippen molar-refractivity contribution in [3.05, 3.63) is 6.17 Å². The Bertz CT molecular complexity index is 141. The van der Waals surface area contributed by atoms with Gasteiger partial charge >= 0.3 is 11.8 Å². The fourth-order valence-corrected chi connectivity index (χ4v) is 0.779. The number of alkyl halides is 4. The van der Waals surface area contributed by atoms with Gasteiger partial charge in [0.1, 0.15) is 0 Å². The van der Waals surface area contributed by atoms with E-state index in [1.54, 1.807) is 0 Å². The lowest BCUT2D eigenvalue weighted by Gasteiger charge is -2.18. The van der Waals surface area contributed by atoms with Gasteiger partial charge in [-0.3, -0.25) is 0 Å². The number of rotatable bonds is 0. The van der Waals surface area contributed by atoms with E-state index < -0.39 is 30.9 Å². The van der Waals surface area contributed by atoms with E-state index in [1.165, 1.54) is 0 Å². The molecule has 0 aromatic rings. The van der Waals surface area contributed by atoms with Gasteiger partial charge in [-0.25, -0.2) is 4.39 Å². The largest absolute Gasteiger partial charge is 0.346 e. The molecule has 1 aliphatic carbocycles. The average molecular weight is 159 g/mol. The third-order valence-electron chi connectivity index (χ3n) is 1.46. The summed E-state index contributed by atoms with van der Waals surface area (Å²) >= 11 is 0. The van der Waals surface area contributed by atoms with Crippen molar-refractivity contribution in [3.63, 3.8) is 0 Å². The van der Waals surface area contributed by atoms with E-state index in [0.29, 0.717) is 0 Å². The van der Waals surface area contributed by atoms with Crippen LogP contribution in [0.5, 0.6) is 0 Å². The summed E-state index contributed by atoms with van der Waals surface area (Å²) in [7, 11) is 0. The Morgan fingerprint density at radius 1 is 1.10 bits per heavy atom. The van der Waals surface area contributed by atoms with E-state index in [0.717, 1.165) is 0 Å². The fraction of sp³-hybridized carbons (Fsp3) is 0.800. The van der Waals surface area contributed by atoms with Crippen molar-refractivity contribution in [1.29, 1.82) is 0 Å². The van der Waals surface area contributed by atoms with Crippen LogP contribution in [-0.2, 0) is 0 Å². The predicted octanol–water partition coefficient (Wildman–Crippen LogP) is 2.55. The molecule has 0 bridgehead atoms. The van der Waals surface area contributed by atoms with Crippen LogP contribution in [0, 0.1) is 6.17 Å². The predicted molar refractivity (Wildman–Crippen MR) is 23.5 cm³/mol. The molecule has 0 N–H and O–H groups in total. The molecular formula is C5H4F5. The van der Waals surface area contributed by atoms with Crippen molar-refractivity contribution >= 4 is 0 Å². The highest BCUT2D eigenvalue weighted by Crippen LogP contribution is 2.52. The summed E-state index contributed by atoms with van der Waals surface area (Å²) in [6.07, 6.45) is -3.83. The fourth-order valence-electron chi connectivity index (χ4n) is 0.779. The Labute approximate surface area is 54.0 Å². The zero-order chi connectivity index (χ0) is 7.99. The quantitative estimate of drug-likeness (QED) is 0.476. The van der Waals surface area contributed by atoms with Crippen LogP contribution >= 0.6 is 0 Å². The first-order valence-electron chi connectivity index (χ1n) is 2.65. The summed E-state index contributed by atoms with van der Waals surface area (Å²) in [6, 6.07) is 0. The van der Waals surface area contributed by atoms with Crippen LogP contribution in [0.4, 0.5) is 22.0 Å². The van der Waals surface area contributed by atoms with Crippen molar-refractivity contribution in [3.8, 4) is 0 Å². The van der Waals surface area contributed by atoms with Crippen LogP contribution in [0.3, 0.4) is 0 Å². The molecule has 0 aliphatic heterocycles. The molecule has 59 valence electrons. The lowest BCUT2D eigenvalue weighted by atomic mass is 10.2. The Balaban J connectivity index is 2.84. The standard InChI is InChI=1S/C5H4F5/c6-3-1-2-4(7,8)5(3,9)10/h1-2H2. The van der Waals surface area contributed by atoms with Crippen molar-refractivity contribution in [2.24, 2.45) is 0 Å². The molecule has 0 saturated heterocycles. The van der Waals surface area contributed by atoms with Gasteiger partial charge in [-0.1, -0.05) is 0 Å². The first-order chi connectivity index (χ1) is 4.38. The van der Waals surface area contributed by atoms with Crippen molar-refractivity contribution < 1.29 is 22.0 Å². The molecule has 1 saturated carbocycles. The maximum atomic E-state index is 12.0. The topological polar surface area (TPSA) is 0 Å². The van der Waals surface area contributed by atoms with Gasteiger partial charge < -0.3 is 0 Å². The Morgan fingerprint density at radius 2 is 1.60 bits per heavy atom. The van der Waals surface area contributed by atoms with Crippen molar-refractivity contribution in [2.45, 2.75) is 24.7 Å². The molecule has 1 aliphatic rings. The first-order valence-corrected chi connectivity index (χ1v) is 2.65. The van der Waals surface area contributed by atoms with Crippen LogP contribution in [-0.4, -0.2) is 11.8 Å². The molecule has 1 rings (SSSR count). The zero-order valence-corrected chi connectivity index (χ0v) is 4.80. The van der Waals surface area contributed by atoms with E-state index in [1.807, 2.05) is 0 Å². The van der Waals surface area contributed by atoms with Gasteiger partial charge in [0.15, 0.2) is 0 Å².